The van der Waals surface area contributed by atoms with Gasteiger partial charge >= 0.3 is 0 Å². The van der Waals surface area contributed by atoms with Crippen LogP contribution in [0.25, 0.3) is 0 Å². The van der Waals surface area contributed by atoms with Gasteiger partial charge < -0.3 is 15.3 Å². The van der Waals surface area contributed by atoms with Crippen LogP contribution in [-0.4, -0.2) is 34.3 Å². The summed E-state index contributed by atoms with van der Waals surface area (Å²) in [6.07, 6.45) is -0.326. The van der Waals surface area contributed by atoms with Crippen LogP contribution in [0.2, 0.25) is 15.1 Å². The number of hydrogen-bond acceptors (Lipinski definition) is 5. The van der Waals surface area contributed by atoms with Crippen molar-refractivity contribution in [2.45, 2.75) is 26.0 Å². The number of aliphatic hydroxyl groups is 1. The Bertz CT molecular complexity index is 765. The van der Waals surface area contributed by atoms with E-state index in [4.69, 9.17) is 34.8 Å². The van der Waals surface area contributed by atoms with E-state index in [1.807, 2.05) is 24.8 Å². The third-order valence-corrected chi connectivity index (χ3v) is 4.95. The van der Waals surface area contributed by atoms with Crippen LogP contribution in [0.5, 0.6) is 0 Å². The molecule has 1 aliphatic heterocycles. The maximum Gasteiger partial charge on any atom is 0.227 e. The number of nitrogens with zero attached hydrogens (tertiary/aromatic N) is 3. The first-order valence-electron chi connectivity index (χ1n) is 7.53. The van der Waals surface area contributed by atoms with E-state index < -0.39 is 0 Å². The van der Waals surface area contributed by atoms with Crippen molar-refractivity contribution in [2.75, 3.05) is 23.3 Å². The van der Waals surface area contributed by atoms with Crippen LogP contribution < -0.4 is 10.2 Å². The van der Waals surface area contributed by atoms with Gasteiger partial charge in [-0.2, -0.15) is 4.98 Å². The van der Waals surface area contributed by atoms with Crippen LogP contribution in [0.1, 0.15) is 24.2 Å². The standard InChI is InChI=1S/C16H17Cl3N4O/c1-8(12-4-3-10(17)5-13(12)18)20-15-14(19)9(2)21-16(22-15)23-6-11(24)7-23/h3-5,8,11,24H,6-7H2,1-2H3,(H,20,21,22). The molecule has 1 atom stereocenters. The number of rotatable bonds is 4. The highest BCUT2D eigenvalue weighted by Crippen LogP contribution is 2.32. The molecule has 8 heteroatoms. The Balaban J connectivity index is 1.85. The van der Waals surface area contributed by atoms with Gasteiger partial charge in [-0.3, -0.25) is 0 Å². The molecule has 0 saturated carbocycles. The predicted octanol–water partition coefficient (Wildman–Crippen LogP) is 4.10. The predicted molar refractivity (Wildman–Crippen MR) is 98.5 cm³/mol. The van der Waals surface area contributed by atoms with Gasteiger partial charge in [-0.1, -0.05) is 40.9 Å². The fourth-order valence-corrected chi connectivity index (χ4v) is 3.25. The molecule has 24 heavy (non-hydrogen) atoms. The lowest BCUT2D eigenvalue weighted by atomic mass is 10.1. The van der Waals surface area contributed by atoms with Gasteiger partial charge in [0.05, 0.1) is 17.8 Å². The molecule has 1 unspecified atom stereocenters. The minimum absolute atomic E-state index is 0.114. The van der Waals surface area contributed by atoms with Crippen molar-refractivity contribution in [3.63, 3.8) is 0 Å². The number of nitrogens with one attached hydrogen (secondary N) is 1. The first-order chi connectivity index (χ1) is 11.3. The van der Waals surface area contributed by atoms with Crippen molar-refractivity contribution in [3.8, 4) is 0 Å². The Morgan fingerprint density at radius 1 is 1.25 bits per heavy atom. The monoisotopic (exact) mass is 386 g/mol. The quantitative estimate of drug-likeness (QED) is 0.827. The minimum atomic E-state index is -0.326. The van der Waals surface area contributed by atoms with E-state index in [2.05, 4.69) is 15.3 Å². The van der Waals surface area contributed by atoms with Crippen molar-refractivity contribution >= 4 is 46.6 Å². The summed E-state index contributed by atoms with van der Waals surface area (Å²) in [4.78, 5) is 10.8. The first-order valence-corrected chi connectivity index (χ1v) is 8.67. The smallest absolute Gasteiger partial charge is 0.227 e. The summed E-state index contributed by atoms with van der Waals surface area (Å²) >= 11 is 18.6. The van der Waals surface area contributed by atoms with Crippen LogP contribution in [0.4, 0.5) is 11.8 Å². The number of β-amino-alcohol motifs (C(OH)–C–C–N with tert-alkyl or cyclic N) is 1. The number of anilines is 2. The van der Waals surface area contributed by atoms with Crippen LogP contribution in [-0.2, 0) is 0 Å². The fourth-order valence-electron chi connectivity index (χ4n) is 2.54. The number of aryl methyl sites for hydroxylation is 1. The average Bonchev–Trinajstić information content (AvgIpc) is 2.48. The first kappa shape index (κ1) is 17.5. The van der Waals surface area contributed by atoms with E-state index in [0.29, 0.717) is 45.6 Å². The molecular formula is C16H17Cl3N4O. The maximum atomic E-state index is 9.46. The number of aromatic nitrogens is 2. The minimum Gasteiger partial charge on any atom is -0.389 e. The number of halogens is 3. The molecule has 0 bridgehead atoms. The number of aliphatic hydroxyl groups excluding tert-OH is 1. The molecular weight excluding hydrogens is 371 g/mol. The average molecular weight is 388 g/mol. The van der Waals surface area contributed by atoms with Crippen molar-refractivity contribution in [1.29, 1.82) is 0 Å². The molecule has 2 heterocycles. The van der Waals surface area contributed by atoms with Crippen LogP contribution >= 0.6 is 34.8 Å². The van der Waals surface area contributed by atoms with Gasteiger partial charge in [0.25, 0.3) is 0 Å². The molecule has 1 saturated heterocycles. The second-order valence-corrected chi connectivity index (χ2v) is 7.08. The van der Waals surface area contributed by atoms with E-state index in [-0.39, 0.29) is 12.1 Å². The summed E-state index contributed by atoms with van der Waals surface area (Å²) in [5.74, 6) is 1.10. The molecule has 2 aromatic rings. The van der Waals surface area contributed by atoms with Crippen LogP contribution in [0, 0.1) is 6.92 Å². The molecule has 0 spiro atoms. The molecule has 1 aromatic carbocycles. The molecule has 1 fully saturated rings. The highest BCUT2D eigenvalue weighted by Gasteiger charge is 2.28. The Labute approximate surface area is 155 Å². The summed E-state index contributed by atoms with van der Waals surface area (Å²) in [7, 11) is 0. The lowest BCUT2D eigenvalue weighted by Gasteiger charge is -2.36. The summed E-state index contributed by atoms with van der Waals surface area (Å²) in [5.41, 5.74) is 1.58. The van der Waals surface area contributed by atoms with E-state index in [0.717, 1.165) is 5.56 Å². The maximum absolute atomic E-state index is 9.46. The molecule has 0 aliphatic carbocycles. The Hall–Kier alpha value is -1.27. The molecule has 128 valence electrons. The summed E-state index contributed by atoms with van der Waals surface area (Å²) in [6, 6.07) is 5.25. The van der Waals surface area contributed by atoms with Crippen molar-refractivity contribution in [2.24, 2.45) is 0 Å². The second kappa shape index (κ2) is 6.92. The number of benzene rings is 1. The highest BCUT2D eigenvalue weighted by molar-refractivity contribution is 6.35. The van der Waals surface area contributed by atoms with Gasteiger partial charge in [-0.25, -0.2) is 4.98 Å². The normalized spacial score (nSPS) is 16.0. The molecule has 1 aliphatic rings. The third kappa shape index (κ3) is 3.54. The molecule has 5 nitrogen and oxygen atoms in total. The van der Waals surface area contributed by atoms with E-state index in [1.165, 1.54) is 0 Å². The van der Waals surface area contributed by atoms with Gasteiger partial charge in [0.2, 0.25) is 5.95 Å². The zero-order chi connectivity index (χ0) is 17.4. The van der Waals surface area contributed by atoms with Crippen molar-refractivity contribution in [1.82, 2.24) is 9.97 Å². The lowest BCUT2D eigenvalue weighted by molar-refractivity contribution is 0.140. The Kier molecular flexibility index (Phi) is 5.06. The van der Waals surface area contributed by atoms with Gasteiger partial charge in [0.1, 0.15) is 5.02 Å². The Morgan fingerprint density at radius 2 is 1.96 bits per heavy atom. The van der Waals surface area contributed by atoms with E-state index in [1.54, 1.807) is 12.1 Å². The molecule has 1 aromatic heterocycles. The van der Waals surface area contributed by atoms with E-state index in [9.17, 15) is 5.11 Å². The molecule has 0 radical (unpaired) electrons. The lowest BCUT2D eigenvalue weighted by Crippen LogP contribution is -2.51. The summed E-state index contributed by atoms with van der Waals surface area (Å²) in [5, 5.41) is 14.4. The second-order valence-electron chi connectivity index (χ2n) is 5.86. The molecule has 3 rings (SSSR count). The Morgan fingerprint density at radius 3 is 2.58 bits per heavy atom. The van der Waals surface area contributed by atoms with Gasteiger partial charge in [0.15, 0.2) is 5.82 Å². The van der Waals surface area contributed by atoms with Crippen molar-refractivity contribution < 1.29 is 5.11 Å². The molecule has 2 N–H and O–H groups in total. The zero-order valence-electron chi connectivity index (χ0n) is 13.2. The van der Waals surface area contributed by atoms with Crippen molar-refractivity contribution in [3.05, 3.63) is 44.5 Å². The zero-order valence-corrected chi connectivity index (χ0v) is 15.5. The largest absolute Gasteiger partial charge is 0.389 e. The topological polar surface area (TPSA) is 61.3 Å². The highest BCUT2D eigenvalue weighted by atomic mass is 35.5. The van der Waals surface area contributed by atoms with Crippen LogP contribution in [0.15, 0.2) is 18.2 Å². The number of hydrogen-bond donors (Lipinski definition) is 2. The SMILES string of the molecule is Cc1nc(N2CC(O)C2)nc(NC(C)c2ccc(Cl)cc2Cl)c1Cl. The van der Waals surface area contributed by atoms with Gasteiger partial charge in [-0.05, 0) is 31.5 Å². The summed E-state index contributed by atoms with van der Waals surface area (Å²) < 4.78 is 0. The molecule has 0 amide bonds. The summed E-state index contributed by atoms with van der Waals surface area (Å²) in [6.45, 7) is 4.85. The van der Waals surface area contributed by atoms with Crippen LogP contribution in [0.3, 0.4) is 0 Å². The van der Waals surface area contributed by atoms with Gasteiger partial charge in [0, 0.05) is 23.1 Å². The van der Waals surface area contributed by atoms with E-state index >= 15 is 0 Å². The van der Waals surface area contributed by atoms with Gasteiger partial charge in [-0.15, -0.1) is 0 Å². The third-order valence-electron chi connectivity index (χ3n) is 3.93. The fraction of sp³-hybridized carbons (Fsp3) is 0.375.